The molecule has 1 aromatic carbocycles. The third kappa shape index (κ3) is 2.91. The summed E-state index contributed by atoms with van der Waals surface area (Å²) >= 11 is 0. The number of nitrogens with one attached hydrogen (secondary N) is 1. The molecule has 1 aliphatic rings. The van der Waals surface area contributed by atoms with Crippen molar-refractivity contribution >= 4 is 16.9 Å². The second-order valence-electron chi connectivity index (χ2n) is 6.63. The van der Waals surface area contributed by atoms with E-state index in [1.165, 1.54) is 27.7 Å². The highest BCUT2D eigenvalue weighted by molar-refractivity contribution is 5.86. The number of fused-ring (bicyclic) bond motifs is 3. The molecule has 0 atom stereocenters. The van der Waals surface area contributed by atoms with Crippen LogP contribution in [0, 0.1) is 6.92 Å². The van der Waals surface area contributed by atoms with Crippen molar-refractivity contribution < 1.29 is 9.90 Å². The molecule has 0 saturated carbocycles. The van der Waals surface area contributed by atoms with Gasteiger partial charge in [0.25, 0.3) is 0 Å². The predicted molar refractivity (Wildman–Crippen MR) is 97.0 cm³/mol. The van der Waals surface area contributed by atoms with Gasteiger partial charge in [0.1, 0.15) is 5.69 Å². The van der Waals surface area contributed by atoms with Gasteiger partial charge < -0.3 is 15.0 Å². The lowest BCUT2D eigenvalue weighted by Gasteiger charge is -2.17. The van der Waals surface area contributed by atoms with E-state index in [4.69, 9.17) is 5.11 Å². The zero-order valence-electron chi connectivity index (χ0n) is 14.2. The van der Waals surface area contributed by atoms with Crippen molar-refractivity contribution in [1.82, 2.24) is 14.9 Å². The maximum Gasteiger partial charge on any atom is 0.354 e. The summed E-state index contributed by atoms with van der Waals surface area (Å²) in [6.07, 6.45) is 3.55. The number of carboxylic acid groups (broad SMARTS) is 1. The Hall–Kier alpha value is -2.66. The van der Waals surface area contributed by atoms with Gasteiger partial charge in [-0.15, -0.1) is 0 Å². The molecule has 0 unspecified atom stereocenters. The molecular weight excluding hydrogens is 314 g/mol. The van der Waals surface area contributed by atoms with Crippen molar-refractivity contribution in [3.63, 3.8) is 0 Å². The maximum absolute atomic E-state index is 10.9. The summed E-state index contributed by atoms with van der Waals surface area (Å²) in [5.74, 6) is -0.986. The SMILES string of the molecule is Cc1ccc2c(c1)c1c(n2CCc2ccc(C(=O)O)nc2)CCNC1. The van der Waals surface area contributed by atoms with Crippen LogP contribution in [-0.2, 0) is 25.9 Å². The molecule has 3 heterocycles. The molecule has 0 aliphatic carbocycles. The number of aromatic carboxylic acids is 1. The minimum Gasteiger partial charge on any atom is -0.477 e. The number of hydrogen-bond acceptors (Lipinski definition) is 3. The van der Waals surface area contributed by atoms with Crippen LogP contribution in [0.3, 0.4) is 0 Å². The summed E-state index contributed by atoms with van der Waals surface area (Å²) in [5.41, 5.74) is 6.57. The Kier molecular flexibility index (Phi) is 4.01. The minimum absolute atomic E-state index is 0.0918. The van der Waals surface area contributed by atoms with Crippen LogP contribution >= 0.6 is 0 Å². The van der Waals surface area contributed by atoms with E-state index in [0.717, 1.165) is 38.0 Å². The van der Waals surface area contributed by atoms with E-state index < -0.39 is 5.97 Å². The first-order valence-corrected chi connectivity index (χ1v) is 8.63. The molecule has 2 aromatic heterocycles. The van der Waals surface area contributed by atoms with Crippen LogP contribution in [-0.4, -0.2) is 27.2 Å². The first-order chi connectivity index (χ1) is 12.1. The molecular formula is C20H21N3O2. The molecule has 3 aromatic rings. The smallest absolute Gasteiger partial charge is 0.354 e. The number of nitrogens with zero attached hydrogens (tertiary/aromatic N) is 2. The molecule has 0 radical (unpaired) electrons. The van der Waals surface area contributed by atoms with Crippen molar-refractivity contribution in [1.29, 1.82) is 0 Å². The van der Waals surface area contributed by atoms with Gasteiger partial charge in [-0.3, -0.25) is 0 Å². The lowest BCUT2D eigenvalue weighted by atomic mass is 10.0. The number of aromatic nitrogens is 2. The fourth-order valence-electron chi connectivity index (χ4n) is 3.69. The molecule has 0 saturated heterocycles. The van der Waals surface area contributed by atoms with Crippen molar-refractivity contribution in [2.75, 3.05) is 6.54 Å². The number of pyridine rings is 1. The number of rotatable bonds is 4. The number of carboxylic acids is 1. The second kappa shape index (κ2) is 6.33. The van der Waals surface area contributed by atoms with E-state index >= 15 is 0 Å². The summed E-state index contributed by atoms with van der Waals surface area (Å²) in [5, 5.41) is 13.8. The first-order valence-electron chi connectivity index (χ1n) is 8.63. The predicted octanol–water partition coefficient (Wildman–Crippen LogP) is 2.93. The van der Waals surface area contributed by atoms with Crippen molar-refractivity contribution in [2.45, 2.75) is 32.9 Å². The molecule has 128 valence electrons. The molecule has 25 heavy (non-hydrogen) atoms. The topological polar surface area (TPSA) is 67.2 Å². The molecule has 1 aliphatic heterocycles. The van der Waals surface area contributed by atoms with Gasteiger partial charge in [-0.05, 0) is 42.7 Å². The van der Waals surface area contributed by atoms with Crippen molar-refractivity contribution in [3.8, 4) is 0 Å². The van der Waals surface area contributed by atoms with E-state index in [-0.39, 0.29) is 5.69 Å². The molecule has 0 bridgehead atoms. The van der Waals surface area contributed by atoms with Gasteiger partial charge in [0.15, 0.2) is 0 Å². The summed E-state index contributed by atoms with van der Waals surface area (Å²) in [6.45, 7) is 4.95. The van der Waals surface area contributed by atoms with E-state index in [1.54, 1.807) is 12.3 Å². The van der Waals surface area contributed by atoms with Crippen LogP contribution in [0.2, 0.25) is 0 Å². The molecule has 4 rings (SSSR count). The standard InChI is InChI=1S/C20H21N3O2/c1-13-2-5-18-15(10-13)16-12-21-8-6-19(16)23(18)9-7-14-3-4-17(20(24)25)22-11-14/h2-5,10-11,21H,6-9,12H2,1H3,(H,24,25). The quantitative estimate of drug-likeness (QED) is 0.769. The zero-order chi connectivity index (χ0) is 17.4. The Morgan fingerprint density at radius 2 is 2.20 bits per heavy atom. The number of aryl methyl sites for hydroxylation is 3. The van der Waals surface area contributed by atoms with Crippen molar-refractivity contribution in [3.05, 3.63) is 64.6 Å². The summed E-state index contributed by atoms with van der Waals surface area (Å²) in [7, 11) is 0. The third-order valence-corrected chi connectivity index (χ3v) is 4.95. The van der Waals surface area contributed by atoms with Gasteiger partial charge in [0, 0.05) is 48.8 Å². The number of hydrogen-bond donors (Lipinski definition) is 2. The van der Waals surface area contributed by atoms with E-state index in [0.29, 0.717) is 0 Å². The molecule has 0 fully saturated rings. The normalized spacial score (nSPS) is 13.8. The molecule has 0 amide bonds. The monoisotopic (exact) mass is 335 g/mol. The first kappa shape index (κ1) is 15.8. The highest BCUT2D eigenvalue weighted by Crippen LogP contribution is 2.29. The highest BCUT2D eigenvalue weighted by atomic mass is 16.4. The van der Waals surface area contributed by atoms with Crippen molar-refractivity contribution in [2.24, 2.45) is 0 Å². The van der Waals surface area contributed by atoms with Crippen LogP contribution in [0.5, 0.6) is 0 Å². The number of carbonyl (C=O) groups is 1. The van der Waals surface area contributed by atoms with Crippen LogP contribution in [0.15, 0.2) is 36.5 Å². The molecule has 5 nitrogen and oxygen atoms in total. The Morgan fingerprint density at radius 1 is 1.32 bits per heavy atom. The average molecular weight is 335 g/mol. The summed E-state index contributed by atoms with van der Waals surface area (Å²) in [4.78, 5) is 14.9. The third-order valence-electron chi connectivity index (χ3n) is 4.95. The zero-order valence-corrected chi connectivity index (χ0v) is 14.2. The summed E-state index contributed by atoms with van der Waals surface area (Å²) < 4.78 is 2.43. The minimum atomic E-state index is -0.986. The summed E-state index contributed by atoms with van der Waals surface area (Å²) in [6, 6.07) is 10.1. The second-order valence-corrected chi connectivity index (χ2v) is 6.63. The average Bonchev–Trinajstić information content (AvgIpc) is 2.93. The van der Waals surface area contributed by atoms with Crippen LogP contribution < -0.4 is 5.32 Å². The Bertz CT molecular complexity index is 942. The lowest BCUT2D eigenvalue weighted by Crippen LogP contribution is -2.24. The molecule has 0 spiro atoms. The largest absolute Gasteiger partial charge is 0.477 e. The van der Waals surface area contributed by atoms with Gasteiger partial charge in [-0.2, -0.15) is 0 Å². The molecule has 2 N–H and O–H groups in total. The van der Waals surface area contributed by atoms with E-state index in [9.17, 15) is 4.79 Å². The van der Waals surface area contributed by atoms with Gasteiger partial charge in [-0.25, -0.2) is 9.78 Å². The molecule has 5 heteroatoms. The van der Waals surface area contributed by atoms with Gasteiger partial charge in [0.05, 0.1) is 0 Å². The van der Waals surface area contributed by atoms with Crippen LogP contribution in [0.25, 0.3) is 10.9 Å². The van der Waals surface area contributed by atoms with E-state index in [1.807, 2.05) is 6.07 Å². The Labute approximate surface area is 146 Å². The van der Waals surface area contributed by atoms with E-state index in [2.05, 4.69) is 40.0 Å². The fraction of sp³-hybridized carbons (Fsp3) is 0.300. The number of benzene rings is 1. The van der Waals surface area contributed by atoms with Gasteiger partial charge in [-0.1, -0.05) is 17.7 Å². The Morgan fingerprint density at radius 3 is 2.96 bits per heavy atom. The van der Waals surface area contributed by atoms with Gasteiger partial charge in [0.2, 0.25) is 0 Å². The van der Waals surface area contributed by atoms with Crippen LogP contribution in [0.4, 0.5) is 0 Å². The van der Waals surface area contributed by atoms with Gasteiger partial charge >= 0.3 is 5.97 Å². The van der Waals surface area contributed by atoms with Crippen LogP contribution in [0.1, 0.15) is 32.9 Å². The maximum atomic E-state index is 10.9. The Balaban J connectivity index is 1.66. The highest BCUT2D eigenvalue weighted by Gasteiger charge is 2.19. The lowest BCUT2D eigenvalue weighted by molar-refractivity contribution is 0.0690. The fourth-order valence-corrected chi connectivity index (χ4v) is 3.69.